The highest BCUT2D eigenvalue weighted by Gasteiger charge is 2.41. The molecule has 2 unspecified atom stereocenters. The van der Waals surface area contributed by atoms with Gasteiger partial charge in [-0.3, -0.25) is 9.59 Å². The average Bonchev–Trinajstić information content (AvgIpc) is 2.51. The molecule has 120 valence electrons. The second kappa shape index (κ2) is 6.80. The molecule has 2 aliphatic rings. The van der Waals surface area contributed by atoms with Gasteiger partial charge in [0.1, 0.15) is 0 Å². The summed E-state index contributed by atoms with van der Waals surface area (Å²) in [5.74, 6) is -0.102. The molecule has 4 nitrogen and oxygen atoms in total. The minimum atomic E-state index is -0.876. The van der Waals surface area contributed by atoms with Crippen molar-refractivity contribution in [3.05, 3.63) is 0 Å². The molecule has 1 saturated carbocycles. The van der Waals surface area contributed by atoms with Gasteiger partial charge in [-0.05, 0) is 44.4 Å². The van der Waals surface area contributed by atoms with Crippen molar-refractivity contribution in [2.45, 2.75) is 77.7 Å². The zero-order chi connectivity index (χ0) is 15.5. The molecule has 4 heteroatoms. The summed E-state index contributed by atoms with van der Waals surface area (Å²) in [6.45, 7) is 4.58. The number of rotatable bonds is 5. The van der Waals surface area contributed by atoms with Gasteiger partial charge in [-0.15, -0.1) is 0 Å². The predicted molar refractivity (Wildman–Crippen MR) is 82.0 cm³/mol. The SMILES string of the molecule is CCC(CC)(CC(=O)N1CCCC2CCCCC21)C(=O)O. The van der Waals surface area contributed by atoms with E-state index in [1.54, 1.807) is 0 Å². The fourth-order valence-corrected chi connectivity index (χ4v) is 4.20. The van der Waals surface area contributed by atoms with Crippen molar-refractivity contribution in [3.63, 3.8) is 0 Å². The normalized spacial score (nSPS) is 26.3. The van der Waals surface area contributed by atoms with Crippen LogP contribution in [0.25, 0.3) is 0 Å². The van der Waals surface area contributed by atoms with E-state index in [0.29, 0.717) is 24.8 Å². The highest BCUT2D eigenvalue weighted by atomic mass is 16.4. The average molecular weight is 295 g/mol. The van der Waals surface area contributed by atoms with Crippen LogP contribution in [0.1, 0.15) is 71.6 Å². The highest BCUT2D eigenvalue weighted by molar-refractivity contribution is 5.85. The van der Waals surface area contributed by atoms with E-state index < -0.39 is 11.4 Å². The molecule has 0 radical (unpaired) electrons. The Hall–Kier alpha value is -1.06. The highest BCUT2D eigenvalue weighted by Crippen LogP contribution is 2.38. The summed E-state index contributed by atoms with van der Waals surface area (Å²) in [5.41, 5.74) is -0.876. The first-order valence-corrected chi connectivity index (χ1v) is 8.57. The Kier molecular flexibility index (Phi) is 5.28. The lowest BCUT2D eigenvalue weighted by molar-refractivity contribution is -0.156. The van der Waals surface area contributed by atoms with Gasteiger partial charge >= 0.3 is 5.97 Å². The molecule has 1 saturated heterocycles. The van der Waals surface area contributed by atoms with Crippen molar-refractivity contribution >= 4 is 11.9 Å². The second-order valence-corrected chi connectivity index (χ2v) is 6.81. The maximum Gasteiger partial charge on any atom is 0.310 e. The molecular weight excluding hydrogens is 266 g/mol. The van der Waals surface area contributed by atoms with Crippen molar-refractivity contribution in [2.24, 2.45) is 11.3 Å². The molecule has 0 bridgehead atoms. The minimum absolute atomic E-state index is 0.0673. The largest absolute Gasteiger partial charge is 0.481 e. The van der Waals surface area contributed by atoms with Crippen LogP contribution in [0.2, 0.25) is 0 Å². The second-order valence-electron chi connectivity index (χ2n) is 6.81. The number of hydrogen-bond acceptors (Lipinski definition) is 2. The molecule has 0 aromatic carbocycles. The lowest BCUT2D eigenvalue weighted by atomic mass is 9.76. The third-order valence-corrected chi connectivity index (χ3v) is 5.86. The summed E-state index contributed by atoms with van der Waals surface area (Å²) < 4.78 is 0. The van der Waals surface area contributed by atoms with Crippen molar-refractivity contribution < 1.29 is 14.7 Å². The van der Waals surface area contributed by atoms with Gasteiger partial charge in [-0.1, -0.05) is 26.7 Å². The molecule has 1 heterocycles. The Labute approximate surface area is 127 Å². The fourth-order valence-electron chi connectivity index (χ4n) is 4.20. The van der Waals surface area contributed by atoms with E-state index in [1.165, 1.54) is 25.7 Å². The summed E-state index contributed by atoms with van der Waals surface area (Å²) in [6.07, 6.45) is 8.35. The first kappa shape index (κ1) is 16.3. The molecule has 1 amide bonds. The summed E-state index contributed by atoms with van der Waals surface area (Å²) in [6, 6.07) is 0.375. The molecule has 1 N–H and O–H groups in total. The van der Waals surface area contributed by atoms with Gasteiger partial charge in [0.05, 0.1) is 5.41 Å². The van der Waals surface area contributed by atoms with Crippen LogP contribution in [-0.2, 0) is 9.59 Å². The Morgan fingerprint density at radius 3 is 2.33 bits per heavy atom. The molecule has 21 heavy (non-hydrogen) atoms. The van der Waals surface area contributed by atoms with Crippen LogP contribution in [0.5, 0.6) is 0 Å². The molecule has 0 spiro atoms. The maximum absolute atomic E-state index is 12.8. The van der Waals surface area contributed by atoms with Gasteiger partial charge in [-0.25, -0.2) is 0 Å². The molecule has 0 aromatic heterocycles. The first-order chi connectivity index (χ1) is 10.0. The van der Waals surface area contributed by atoms with E-state index in [2.05, 4.69) is 0 Å². The van der Waals surface area contributed by atoms with Crippen LogP contribution < -0.4 is 0 Å². The zero-order valence-corrected chi connectivity index (χ0v) is 13.4. The van der Waals surface area contributed by atoms with E-state index in [4.69, 9.17) is 0 Å². The number of carbonyl (C=O) groups is 2. The van der Waals surface area contributed by atoms with Crippen LogP contribution in [-0.4, -0.2) is 34.5 Å². The summed E-state index contributed by atoms with van der Waals surface area (Å²) in [7, 11) is 0. The van der Waals surface area contributed by atoms with Crippen molar-refractivity contribution in [1.82, 2.24) is 4.90 Å². The first-order valence-electron chi connectivity index (χ1n) is 8.57. The topological polar surface area (TPSA) is 57.6 Å². The molecule has 2 fully saturated rings. The lowest BCUT2D eigenvalue weighted by Crippen LogP contribution is -2.51. The predicted octanol–water partition coefficient (Wildman–Crippen LogP) is 3.45. The van der Waals surface area contributed by atoms with Crippen LogP contribution in [0.15, 0.2) is 0 Å². The molecule has 1 aliphatic carbocycles. The smallest absolute Gasteiger partial charge is 0.310 e. The monoisotopic (exact) mass is 295 g/mol. The minimum Gasteiger partial charge on any atom is -0.481 e. The standard InChI is InChI=1S/C17H29NO3/c1-3-17(4-2,16(20)21)12-15(19)18-11-7-9-13-8-5-6-10-14(13)18/h13-14H,3-12H2,1-2H3,(H,20,21). The third-order valence-electron chi connectivity index (χ3n) is 5.86. The van der Waals surface area contributed by atoms with Gasteiger partial charge < -0.3 is 10.0 Å². The van der Waals surface area contributed by atoms with Crippen LogP contribution >= 0.6 is 0 Å². The van der Waals surface area contributed by atoms with Crippen molar-refractivity contribution in [1.29, 1.82) is 0 Å². The number of amides is 1. The molecule has 2 atom stereocenters. The summed E-state index contributed by atoms with van der Waals surface area (Å²) in [5, 5.41) is 9.53. The quantitative estimate of drug-likeness (QED) is 0.845. The number of fused-ring (bicyclic) bond motifs is 1. The number of likely N-dealkylation sites (tertiary alicyclic amines) is 1. The molecular formula is C17H29NO3. The number of carboxylic acid groups (broad SMARTS) is 1. The Morgan fingerprint density at radius 2 is 1.71 bits per heavy atom. The van der Waals surface area contributed by atoms with Gasteiger partial charge in [0.15, 0.2) is 0 Å². The van der Waals surface area contributed by atoms with Crippen molar-refractivity contribution in [2.75, 3.05) is 6.54 Å². The van der Waals surface area contributed by atoms with Crippen molar-refractivity contribution in [3.8, 4) is 0 Å². The lowest BCUT2D eigenvalue weighted by Gasteiger charge is -2.45. The van der Waals surface area contributed by atoms with Crippen LogP contribution in [0.3, 0.4) is 0 Å². The molecule has 1 aliphatic heterocycles. The number of carbonyl (C=O) groups excluding carboxylic acids is 1. The summed E-state index contributed by atoms with van der Waals surface area (Å²) >= 11 is 0. The van der Waals surface area contributed by atoms with Gasteiger partial charge in [-0.2, -0.15) is 0 Å². The van der Waals surface area contributed by atoms with E-state index in [-0.39, 0.29) is 12.3 Å². The van der Waals surface area contributed by atoms with Crippen LogP contribution in [0, 0.1) is 11.3 Å². The molecule has 2 rings (SSSR count). The van der Waals surface area contributed by atoms with Gasteiger partial charge in [0.25, 0.3) is 0 Å². The fraction of sp³-hybridized carbons (Fsp3) is 0.882. The summed E-state index contributed by atoms with van der Waals surface area (Å²) in [4.78, 5) is 26.4. The number of carboxylic acids is 1. The van der Waals surface area contributed by atoms with E-state index in [9.17, 15) is 14.7 Å². The van der Waals surface area contributed by atoms with E-state index >= 15 is 0 Å². The van der Waals surface area contributed by atoms with Crippen LogP contribution in [0.4, 0.5) is 0 Å². The van der Waals surface area contributed by atoms with Gasteiger partial charge in [0, 0.05) is 19.0 Å². The third kappa shape index (κ3) is 3.24. The zero-order valence-electron chi connectivity index (χ0n) is 13.4. The number of nitrogens with zero attached hydrogens (tertiary/aromatic N) is 1. The van der Waals surface area contributed by atoms with Gasteiger partial charge in [0.2, 0.25) is 5.91 Å². The Bertz CT molecular complexity index is 387. The maximum atomic E-state index is 12.8. The van der Waals surface area contributed by atoms with E-state index in [0.717, 1.165) is 19.4 Å². The Balaban J connectivity index is 2.09. The number of piperidine rings is 1. The number of hydrogen-bond donors (Lipinski definition) is 1. The Morgan fingerprint density at radius 1 is 1.10 bits per heavy atom. The molecule has 0 aromatic rings. The van der Waals surface area contributed by atoms with E-state index in [1.807, 2.05) is 18.7 Å². The number of aliphatic carboxylic acids is 1.